The minimum atomic E-state index is -0.974. The summed E-state index contributed by atoms with van der Waals surface area (Å²) in [5.74, 6) is -1.41. The van der Waals surface area contributed by atoms with Crippen LogP contribution in [0.25, 0.3) is 0 Å². The number of carbonyl (C=O) groups is 2. The van der Waals surface area contributed by atoms with Crippen LogP contribution >= 0.6 is 0 Å². The van der Waals surface area contributed by atoms with E-state index < -0.39 is 11.9 Å². The minimum Gasteiger partial charge on any atom is -0.481 e. The zero-order valence-corrected chi connectivity index (χ0v) is 17.2. The molecule has 0 aliphatic heterocycles. The van der Waals surface area contributed by atoms with Crippen molar-refractivity contribution in [1.29, 1.82) is 0 Å². The van der Waals surface area contributed by atoms with E-state index in [1.165, 1.54) is 0 Å². The van der Waals surface area contributed by atoms with Gasteiger partial charge in [-0.25, -0.2) is 0 Å². The molecular formula is C19H40O7. The number of carboxylic acids is 1. The molecular weight excluding hydrogens is 340 g/mol. The molecule has 0 aromatic rings. The fourth-order valence-corrected chi connectivity index (χ4v) is 0.701. The highest BCUT2D eigenvalue weighted by Crippen LogP contribution is 1.93. The first kappa shape index (κ1) is 35.4. The number of allylic oxidation sites excluding steroid dienone is 2. The van der Waals surface area contributed by atoms with Gasteiger partial charge in [0.1, 0.15) is 0 Å². The predicted octanol–water partition coefficient (Wildman–Crippen LogP) is 3.20. The molecule has 0 bridgehead atoms. The lowest BCUT2D eigenvalue weighted by Crippen LogP contribution is -2.07. The number of aliphatic hydroxyl groups excluding tert-OH is 2. The molecule has 3 N–H and O–H groups in total. The summed E-state index contributed by atoms with van der Waals surface area (Å²) in [5, 5.41) is 23.4. The highest BCUT2D eigenvalue weighted by atomic mass is 16.5. The highest BCUT2D eigenvalue weighted by Gasteiger charge is 2.04. The molecule has 0 spiro atoms. The van der Waals surface area contributed by atoms with E-state index >= 15 is 0 Å². The second-order valence-corrected chi connectivity index (χ2v) is 4.16. The normalized spacial score (nSPS) is 7.65. The number of carbonyl (C=O) groups excluding carboxylic acids is 1. The number of ether oxygens (including phenoxy) is 2. The van der Waals surface area contributed by atoms with Crippen molar-refractivity contribution in [1.82, 2.24) is 0 Å². The Bertz CT molecular complexity index is 269. The molecule has 0 saturated carbocycles. The van der Waals surface area contributed by atoms with Gasteiger partial charge in [-0.1, -0.05) is 19.1 Å². The van der Waals surface area contributed by atoms with Crippen molar-refractivity contribution in [2.24, 2.45) is 0 Å². The summed E-state index contributed by atoms with van der Waals surface area (Å²) in [7, 11) is 0. The Kier molecular flexibility index (Phi) is 59.4. The number of aliphatic carboxylic acids is 1. The molecule has 0 rings (SSSR count). The summed E-state index contributed by atoms with van der Waals surface area (Å²) in [4.78, 5) is 20.6. The Hall–Kier alpha value is -1.70. The monoisotopic (exact) mass is 380 g/mol. The van der Waals surface area contributed by atoms with Gasteiger partial charge in [-0.3, -0.25) is 9.59 Å². The zero-order valence-electron chi connectivity index (χ0n) is 17.2. The quantitative estimate of drug-likeness (QED) is 0.438. The Balaban J connectivity index is -0.0000000817. The number of esters is 1. The average molecular weight is 381 g/mol. The number of aliphatic hydroxyl groups is 2. The maximum atomic E-state index is 10.6. The van der Waals surface area contributed by atoms with Crippen molar-refractivity contribution in [3.63, 3.8) is 0 Å². The Morgan fingerprint density at radius 2 is 1.31 bits per heavy atom. The first-order chi connectivity index (χ1) is 12.3. The molecule has 0 aliphatic carbocycles. The van der Waals surface area contributed by atoms with Crippen molar-refractivity contribution in [3.05, 3.63) is 25.3 Å². The third kappa shape index (κ3) is 95.4. The van der Waals surface area contributed by atoms with Crippen molar-refractivity contribution >= 4 is 11.9 Å². The topological polar surface area (TPSA) is 113 Å². The maximum Gasteiger partial charge on any atom is 0.306 e. The number of rotatable bonds is 8. The van der Waals surface area contributed by atoms with Gasteiger partial charge >= 0.3 is 11.9 Å². The van der Waals surface area contributed by atoms with Crippen LogP contribution in [0.2, 0.25) is 0 Å². The van der Waals surface area contributed by atoms with Crippen LogP contribution in [0.5, 0.6) is 0 Å². The third-order valence-corrected chi connectivity index (χ3v) is 1.52. The first-order valence-electron chi connectivity index (χ1n) is 8.63. The lowest BCUT2D eigenvalue weighted by atomic mass is 10.3. The summed E-state index contributed by atoms with van der Waals surface area (Å²) in [5.41, 5.74) is 0. The van der Waals surface area contributed by atoms with E-state index in [1.807, 2.05) is 34.6 Å². The van der Waals surface area contributed by atoms with Crippen LogP contribution in [-0.2, 0) is 19.1 Å². The van der Waals surface area contributed by atoms with E-state index in [-0.39, 0.29) is 26.1 Å². The lowest BCUT2D eigenvalue weighted by Gasteiger charge is -1.99. The van der Waals surface area contributed by atoms with Crippen molar-refractivity contribution < 1.29 is 34.4 Å². The Labute approximate surface area is 159 Å². The van der Waals surface area contributed by atoms with Gasteiger partial charge < -0.3 is 24.8 Å². The second-order valence-electron chi connectivity index (χ2n) is 4.16. The second kappa shape index (κ2) is 43.6. The van der Waals surface area contributed by atoms with Gasteiger partial charge in [-0.15, -0.1) is 13.2 Å². The molecule has 0 aromatic heterocycles. The van der Waals surface area contributed by atoms with Gasteiger partial charge in [-0.2, -0.15) is 0 Å². The summed E-state index contributed by atoms with van der Waals surface area (Å²) < 4.78 is 9.47. The van der Waals surface area contributed by atoms with Crippen molar-refractivity contribution in [2.45, 2.75) is 53.9 Å². The molecule has 0 fully saturated rings. The molecule has 0 atom stereocenters. The van der Waals surface area contributed by atoms with Crippen LogP contribution in [0.4, 0.5) is 0 Å². The van der Waals surface area contributed by atoms with Gasteiger partial charge in [0.2, 0.25) is 0 Å². The molecule has 7 heteroatoms. The van der Waals surface area contributed by atoms with Crippen molar-refractivity contribution in [2.75, 3.05) is 33.0 Å². The van der Waals surface area contributed by atoms with Gasteiger partial charge in [-0.05, 0) is 34.1 Å². The largest absolute Gasteiger partial charge is 0.481 e. The number of hydrogen-bond donors (Lipinski definition) is 3. The number of carboxylic acid groups (broad SMARTS) is 1. The average Bonchev–Trinajstić information content (AvgIpc) is 2.61. The molecule has 0 aromatic carbocycles. The van der Waals surface area contributed by atoms with E-state index in [1.54, 1.807) is 12.2 Å². The molecule has 158 valence electrons. The van der Waals surface area contributed by atoms with Gasteiger partial charge in [0.15, 0.2) is 0 Å². The molecule has 0 amide bonds. The van der Waals surface area contributed by atoms with Crippen molar-refractivity contribution in [3.8, 4) is 0 Å². The molecule has 0 radical (unpaired) electrons. The fraction of sp³-hybridized carbons (Fsp3) is 0.684. The van der Waals surface area contributed by atoms with Gasteiger partial charge in [0, 0.05) is 13.2 Å². The van der Waals surface area contributed by atoms with Crippen LogP contribution < -0.4 is 0 Å². The van der Waals surface area contributed by atoms with E-state index in [4.69, 9.17) is 20.1 Å². The summed E-state index contributed by atoms with van der Waals surface area (Å²) >= 11 is 0. The van der Waals surface area contributed by atoms with E-state index in [0.717, 1.165) is 19.6 Å². The highest BCUT2D eigenvalue weighted by molar-refractivity contribution is 5.76. The van der Waals surface area contributed by atoms with Gasteiger partial charge in [0.05, 0.1) is 32.7 Å². The fourth-order valence-electron chi connectivity index (χ4n) is 0.701. The standard InChI is InChI=1S/C7H12O4.C4H10O.2C3H6.C2H6O2/c1-2-5-11-7(10)4-3-6(8)9;1-3-5-4-2;2*1-3-2;3-1-2-4/h2-5H2,1H3,(H,8,9);3-4H2,1-2H3;2*3H,1H2,2H3;3-4H,1-2H2. The predicted molar refractivity (Wildman–Crippen MR) is 106 cm³/mol. The van der Waals surface area contributed by atoms with Crippen LogP contribution in [0.1, 0.15) is 53.9 Å². The molecule has 0 saturated heterocycles. The SMILES string of the molecule is C=CC.C=CC.CCCOC(=O)CCC(=O)O.CCOCC.OCCO. The van der Waals surface area contributed by atoms with Crippen LogP contribution in [-0.4, -0.2) is 60.3 Å². The van der Waals surface area contributed by atoms with Gasteiger partial charge in [0.25, 0.3) is 0 Å². The van der Waals surface area contributed by atoms with Crippen LogP contribution in [0, 0.1) is 0 Å². The Morgan fingerprint density at radius 1 is 0.923 bits per heavy atom. The summed E-state index contributed by atoms with van der Waals surface area (Å²) in [6.45, 7) is 18.2. The maximum absolute atomic E-state index is 10.6. The zero-order chi connectivity index (χ0) is 21.6. The lowest BCUT2D eigenvalue weighted by molar-refractivity contribution is -0.147. The van der Waals surface area contributed by atoms with E-state index in [2.05, 4.69) is 17.9 Å². The van der Waals surface area contributed by atoms with Crippen LogP contribution in [0.3, 0.4) is 0 Å². The van der Waals surface area contributed by atoms with E-state index in [0.29, 0.717) is 6.61 Å². The summed E-state index contributed by atoms with van der Waals surface area (Å²) in [6.07, 6.45) is 4.08. The smallest absolute Gasteiger partial charge is 0.306 e. The minimum absolute atomic E-state index is 0.0324. The Morgan fingerprint density at radius 3 is 1.50 bits per heavy atom. The molecule has 0 aliphatic rings. The number of hydrogen-bond acceptors (Lipinski definition) is 6. The third-order valence-electron chi connectivity index (χ3n) is 1.52. The molecule has 7 nitrogen and oxygen atoms in total. The van der Waals surface area contributed by atoms with E-state index in [9.17, 15) is 9.59 Å². The first-order valence-corrected chi connectivity index (χ1v) is 8.63. The molecule has 0 unspecified atom stereocenters. The summed E-state index contributed by atoms with van der Waals surface area (Å²) in [6, 6.07) is 0. The molecule has 26 heavy (non-hydrogen) atoms. The van der Waals surface area contributed by atoms with Crippen LogP contribution in [0.15, 0.2) is 25.3 Å². The molecule has 0 heterocycles.